The van der Waals surface area contributed by atoms with E-state index >= 15 is 0 Å². The highest BCUT2D eigenvalue weighted by molar-refractivity contribution is 7.19. The Morgan fingerprint density at radius 2 is 2.25 bits per heavy atom. The maximum atomic E-state index is 6.41. The van der Waals surface area contributed by atoms with Crippen LogP contribution >= 0.6 is 22.9 Å². The van der Waals surface area contributed by atoms with Gasteiger partial charge in [-0.1, -0.05) is 11.6 Å². The molecule has 5 nitrogen and oxygen atoms in total. The first-order chi connectivity index (χ1) is 11.8. The number of hydrogen-bond donors (Lipinski definition) is 1. The average molecular weight is 355 g/mol. The van der Waals surface area contributed by atoms with E-state index in [1.54, 1.807) is 34.6 Å². The lowest BCUT2D eigenvalue weighted by molar-refractivity contribution is 0.851. The molecule has 24 heavy (non-hydrogen) atoms. The third kappa shape index (κ3) is 2.17. The minimum absolute atomic E-state index is 0.607. The molecule has 0 saturated heterocycles. The molecule has 0 amide bonds. The second-order valence-electron chi connectivity index (χ2n) is 5.80. The maximum Gasteiger partial charge on any atom is 0.142 e. The SMILES string of the molecule is Clc1cn2nccc2cc1Nc1ncnc2sc3c(c12)CC[CH]C3. The molecule has 0 aromatic carbocycles. The van der Waals surface area contributed by atoms with E-state index in [1.807, 2.05) is 12.1 Å². The van der Waals surface area contributed by atoms with Gasteiger partial charge < -0.3 is 5.32 Å². The summed E-state index contributed by atoms with van der Waals surface area (Å²) in [6.45, 7) is 0. The van der Waals surface area contributed by atoms with Crippen molar-refractivity contribution >= 4 is 50.2 Å². The second kappa shape index (κ2) is 5.43. The van der Waals surface area contributed by atoms with Crippen molar-refractivity contribution in [2.24, 2.45) is 0 Å². The van der Waals surface area contributed by atoms with Gasteiger partial charge in [0.2, 0.25) is 0 Å². The van der Waals surface area contributed by atoms with E-state index in [-0.39, 0.29) is 0 Å². The smallest absolute Gasteiger partial charge is 0.142 e. The van der Waals surface area contributed by atoms with Gasteiger partial charge in [-0.2, -0.15) is 5.10 Å². The Kier molecular flexibility index (Phi) is 3.21. The summed E-state index contributed by atoms with van der Waals surface area (Å²) in [5, 5.41) is 9.35. The summed E-state index contributed by atoms with van der Waals surface area (Å²) in [6, 6.07) is 3.93. The molecule has 1 aliphatic rings. The molecule has 0 unspecified atom stereocenters. The van der Waals surface area contributed by atoms with Crippen LogP contribution in [0.5, 0.6) is 0 Å². The van der Waals surface area contributed by atoms with E-state index < -0.39 is 0 Å². The third-order valence-corrected chi connectivity index (χ3v) is 5.80. The molecule has 1 N–H and O–H groups in total. The zero-order valence-corrected chi connectivity index (χ0v) is 14.2. The minimum atomic E-state index is 0.607. The van der Waals surface area contributed by atoms with Gasteiger partial charge in [0.1, 0.15) is 17.0 Å². The molecular formula is C17H13ClN5S. The van der Waals surface area contributed by atoms with Gasteiger partial charge in [-0.15, -0.1) is 11.3 Å². The van der Waals surface area contributed by atoms with Gasteiger partial charge in [0.15, 0.2) is 0 Å². The van der Waals surface area contributed by atoms with E-state index in [0.29, 0.717) is 5.02 Å². The maximum absolute atomic E-state index is 6.41. The number of anilines is 2. The highest BCUT2D eigenvalue weighted by Crippen LogP contribution is 2.39. The van der Waals surface area contributed by atoms with Gasteiger partial charge in [-0.3, -0.25) is 0 Å². The van der Waals surface area contributed by atoms with E-state index in [0.717, 1.165) is 46.5 Å². The summed E-state index contributed by atoms with van der Waals surface area (Å²) in [4.78, 5) is 11.4. The predicted octanol–water partition coefficient (Wildman–Crippen LogP) is 4.43. The summed E-state index contributed by atoms with van der Waals surface area (Å²) < 4.78 is 1.76. The van der Waals surface area contributed by atoms with Crippen LogP contribution in [-0.2, 0) is 12.8 Å². The summed E-state index contributed by atoms with van der Waals surface area (Å²) in [5.74, 6) is 0.824. The largest absolute Gasteiger partial charge is 0.338 e. The molecule has 7 heteroatoms. The van der Waals surface area contributed by atoms with Crippen LogP contribution in [0, 0.1) is 6.42 Å². The van der Waals surface area contributed by atoms with Crippen LogP contribution in [0.25, 0.3) is 15.7 Å². The van der Waals surface area contributed by atoms with Gasteiger partial charge >= 0.3 is 0 Å². The molecule has 4 aromatic heterocycles. The fraction of sp³-hybridized carbons (Fsp3) is 0.176. The van der Waals surface area contributed by atoms with Crippen LogP contribution in [0.4, 0.5) is 11.5 Å². The Hall–Kier alpha value is -2.18. The lowest BCUT2D eigenvalue weighted by Crippen LogP contribution is -2.02. The number of fused-ring (bicyclic) bond motifs is 4. The van der Waals surface area contributed by atoms with E-state index in [4.69, 9.17) is 11.6 Å². The lowest BCUT2D eigenvalue weighted by Gasteiger charge is -2.13. The van der Waals surface area contributed by atoms with Crippen LogP contribution in [0.3, 0.4) is 0 Å². The topological polar surface area (TPSA) is 55.1 Å². The number of aryl methyl sites for hydroxylation is 1. The third-order valence-electron chi connectivity index (χ3n) is 4.34. The van der Waals surface area contributed by atoms with Gasteiger partial charge in [-0.05, 0) is 43.4 Å². The van der Waals surface area contributed by atoms with Gasteiger partial charge in [-0.25, -0.2) is 14.5 Å². The molecule has 0 aliphatic heterocycles. The van der Waals surface area contributed by atoms with Crippen LogP contribution in [0.1, 0.15) is 16.9 Å². The minimum Gasteiger partial charge on any atom is -0.338 e. The number of nitrogens with one attached hydrogen (secondary N) is 1. The standard InChI is InChI=1S/C17H13ClN5S/c18-12-8-23-10(5-6-21-23)7-13(12)22-16-15-11-3-1-2-4-14(11)24-17(15)20-9-19-16/h2,5-9H,1,3-4H2,(H,19,20,22). The van der Waals surface area contributed by atoms with Crippen molar-refractivity contribution in [3.05, 3.63) is 52.7 Å². The molecule has 0 fully saturated rings. The fourth-order valence-corrected chi connectivity index (χ4v) is 4.58. The summed E-state index contributed by atoms with van der Waals surface area (Å²) in [6.07, 6.45) is 10.7. The molecule has 4 aromatic rings. The molecule has 0 spiro atoms. The number of halogens is 1. The van der Waals surface area contributed by atoms with Crippen molar-refractivity contribution < 1.29 is 0 Å². The molecule has 5 rings (SSSR count). The fourth-order valence-electron chi connectivity index (χ4n) is 3.20. The summed E-state index contributed by atoms with van der Waals surface area (Å²) >= 11 is 8.17. The van der Waals surface area contributed by atoms with Crippen molar-refractivity contribution in [1.82, 2.24) is 19.6 Å². The molecule has 1 aliphatic carbocycles. The van der Waals surface area contributed by atoms with Crippen LogP contribution in [-0.4, -0.2) is 19.6 Å². The Balaban J connectivity index is 1.65. The number of thiophene rings is 1. The quantitative estimate of drug-likeness (QED) is 0.578. The Bertz CT molecular complexity index is 1070. The van der Waals surface area contributed by atoms with E-state index in [2.05, 4.69) is 26.8 Å². The highest BCUT2D eigenvalue weighted by Gasteiger charge is 2.20. The van der Waals surface area contributed by atoms with Gasteiger partial charge in [0.25, 0.3) is 0 Å². The molecule has 0 saturated carbocycles. The van der Waals surface area contributed by atoms with E-state index in [9.17, 15) is 0 Å². The normalized spacial score (nSPS) is 14.2. The summed E-state index contributed by atoms with van der Waals surface area (Å²) in [5.41, 5.74) is 3.18. The number of rotatable bonds is 2. The average Bonchev–Trinajstić information content (AvgIpc) is 3.19. The van der Waals surface area contributed by atoms with Crippen LogP contribution in [0.15, 0.2) is 30.9 Å². The van der Waals surface area contributed by atoms with Gasteiger partial charge in [0.05, 0.1) is 21.6 Å². The molecule has 4 heterocycles. The molecule has 0 bridgehead atoms. The molecular weight excluding hydrogens is 342 g/mol. The Morgan fingerprint density at radius 3 is 3.21 bits per heavy atom. The number of pyridine rings is 1. The predicted molar refractivity (Wildman–Crippen MR) is 97.2 cm³/mol. The van der Waals surface area contributed by atoms with Gasteiger partial charge in [0, 0.05) is 17.3 Å². The van der Waals surface area contributed by atoms with Crippen molar-refractivity contribution in [3.63, 3.8) is 0 Å². The zero-order chi connectivity index (χ0) is 16.1. The first kappa shape index (κ1) is 14.2. The number of hydrogen-bond acceptors (Lipinski definition) is 5. The Morgan fingerprint density at radius 1 is 1.29 bits per heavy atom. The van der Waals surface area contributed by atoms with Crippen molar-refractivity contribution in [3.8, 4) is 0 Å². The number of aromatic nitrogens is 4. The first-order valence-electron chi connectivity index (χ1n) is 7.76. The van der Waals surface area contributed by atoms with E-state index in [1.165, 1.54) is 10.4 Å². The van der Waals surface area contributed by atoms with Crippen LogP contribution < -0.4 is 5.32 Å². The highest BCUT2D eigenvalue weighted by atomic mass is 35.5. The van der Waals surface area contributed by atoms with Crippen molar-refractivity contribution in [2.45, 2.75) is 19.3 Å². The number of nitrogens with zero attached hydrogens (tertiary/aromatic N) is 4. The monoisotopic (exact) mass is 354 g/mol. The Labute approximate surface area is 147 Å². The molecule has 119 valence electrons. The van der Waals surface area contributed by atoms with Crippen molar-refractivity contribution in [2.75, 3.05) is 5.32 Å². The molecule has 1 radical (unpaired) electrons. The molecule has 0 atom stereocenters. The second-order valence-corrected chi connectivity index (χ2v) is 7.29. The lowest BCUT2D eigenvalue weighted by atomic mass is 9.97. The zero-order valence-electron chi connectivity index (χ0n) is 12.7. The first-order valence-corrected chi connectivity index (χ1v) is 8.96. The van der Waals surface area contributed by atoms with Crippen LogP contribution in [0.2, 0.25) is 5.02 Å². The summed E-state index contributed by atoms with van der Waals surface area (Å²) in [7, 11) is 0. The van der Waals surface area contributed by atoms with Crippen molar-refractivity contribution in [1.29, 1.82) is 0 Å².